The molecule has 2 atom stereocenters. The number of hydrogen-bond acceptors (Lipinski definition) is 1. The van der Waals surface area contributed by atoms with Crippen LogP contribution in [0.15, 0.2) is 6.07 Å². The Labute approximate surface area is 136 Å². The third-order valence-electron chi connectivity index (χ3n) is 6.75. The minimum Gasteiger partial charge on any atom is -0.507 e. The molecule has 1 N–H and O–H groups in total. The number of hydrogen-bond donors (Lipinski definition) is 1. The molecule has 0 spiro atoms. The third-order valence-corrected chi connectivity index (χ3v) is 6.75. The van der Waals surface area contributed by atoms with Crippen molar-refractivity contribution in [3.63, 3.8) is 0 Å². The zero-order valence-electron chi connectivity index (χ0n) is 15.2. The second kappa shape index (κ2) is 5.01. The second-order valence-electron chi connectivity index (χ2n) is 8.99. The highest BCUT2D eigenvalue weighted by molar-refractivity contribution is 5.54. The van der Waals surface area contributed by atoms with Crippen LogP contribution in [0.3, 0.4) is 0 Å². The molecule has 0 unspecified atom stereocenters. The molecule has 0 heterocycles. The van der Waals surface area contributed by atoms with Crippen LogP contribution in [0.25, 0.3) is 0 Å². The van der Waals surface area contributed by atoms with Gasteiger partial charge in [-0.1, -0.05) is 47.1 Å². The maximum Gasteiger partial charge on any atom is 0.122 e. The summed E-state index contributed by atoms with van der Waals surface area (Å²) in [4.78, 5) is 0. The van der Waals surface area contributed by atoms with Crippen molar-refractivity contribution in [1.29, 1.82) is 0 Å². The first-order chi connectivity index (χ1) is 10.2. The summed E-state index contributed by atoms with van der Waals surface area (Å²) < 4.78 is 0. The SMILES string of the molecule is Cc1cc2c(c(C(C)C)c1O)CC[C@H]1C(C)(C)CCC[C@]21C. The topological polar surface area (TPSA) is 20.2 Å². The van der Waals surface area contributed by atoms with Crippen LogP contribution in [-0.2, 0) is 11.8 Å². The highest BCUT2D eigenvalue weighted by Gasteiger charge is 2.50. The Morgan fingerprint density at radius 2 is 1.86 bits per heavy atom. The van der Waals surface area contributed by atoms with Crippen LogP contribution in [0.2, 0.25) is 0 Å². The van der Waals surface area contributed by atoms with Crippen molar-refractivity contribution >= 4 is 0 Å². The molecular formula is C21H32O. The van der Waals surface area contributed by atoms with Gasteiger partial charge in [0.15, 0.2) is 0 Å². The molecule has 2 aliphatic rings. The predicted octanol–water partition coefficient (Wildman–Crippen LogP) is 5.85. The van der Waals surface area contributed by atoms with E-state index in [1.807, 2.05) is 0 Å². The normalized spacial score (nSPS) is 30.0. The van der Waals surface area contributed by atoms with Gasteiger partial charge in [0.05, 0.1) is 0 Å². The maximum atomic E-state index is 10.6. The predicted molar refractivity (Wildman–Crippen MR) is 93.7 cm³/mol. The van der Waals surface area contributed by atoms with Crippen LogP contribution >= 0.6 is 0 Å². The molecule has 1 nitrogen and oxygen atoms in total. The molecule has 1 aromatic rings. The Hall–Kier alpha value is -0.980. The Morgan fingerprint density at radius 1 is 1.18 bits per heavy atom. The van der Waals surface area contributed by atoms with E-state index >= 15 is 0 Å². The Morgan fingerprint density at radius 3 is 2.50 bits per heavy atom. The fourth-order valence-electron chi connectivity index (χ4n) is 5.72. The summed E-state index contributed by atoms with van der Waals surface area (Å²) in [6.45, 7) is 13.9. The van der Waals surface area contributed by atoms with E-state index < -0.39 is 0 Å². The summed E-state index contributed by atoms with van der Waals surface area (Å²) >= 11 is 0. The zero-order valence-corrected chi connectivity index (χ0v) is 15.2. The molecule has 22 heavy (non-hydrogen) atoms. The summed E-state index contributed by atoms with van der Waals surface area (Å²) in [6, 6.07) is 2.31. The van der Waals surface area contributed by atoms with E-state index in [-0.39, 0.29) is 5.41 Å². The monoisotopic (exact) mass is 300 g/mol. The van der Waals surface area contributed by atoms with E-state index in [0.717, 1.165) is 17.9 Å². The molecule has 1 aromatic carbocycles. The molecule has 2 aliphatic carbocycles. The highest BCUT2D eigenvalue weighted by Crippen LogP contribution is 2.58. The van der Waals surface area contributed by atoms with Gasteiger partial charge in [0.25, 0.3) is 0 Å². The molecule has 0 saturated heterocycles. The lowest BCUT2D eigenvalue weighted by molar-refractivity contribution is 0.0404. The molecule has 0 radical (unpaired) electrons. The maximum absolute atomic E-state index is 10.6. The van der Waals surface area contributed by atoms with Crippen molar-refractivity contribution in [2.45, 2.75) is 85.0 Å². The first-order valence-electron chi connectivity index (χ1n) is 9.04. The van der Waals surface area contributed by atoms with Gasteiger partial charge in [-0.05, 0) is 72.0 Å². The van der Waals surface area contributed by atoms with Gasteiger partial charge in [0, 0.05) is 5.56 Å². The third kappa shape index (κ3) is 2.12. The fraction of sp³-hybridized carbons (Fsp3) is 0.714. The lowest BCUT2D eigenvalue weighted by atomic mass is 9.50. The summed E-state index contributed by atoms with van der Waals surface area (Å²) in [5.74, 6) is 1.71. The largest absolute Gasteiger partial charge is 0.507 e. The van der Waals surface area contributed by atoms with Crippen molar-refractivity contribution < 1.29 is 5.11 Å². The molecule has 1 heteroatoms. The van der Waals surface area contributed by atoms with Crippen LogP contribution in [0.1, 0.15) is 88.5 Å². The number of benzene rings is 1. The average Bonchev–Trinajstić information content (AvgIpc) is 2.39. The Kier molecular flexibility index (Phi) is 3.62. The number of phenolic OH excluding ortho intramolecular Hbond substituents is 1. The van der Waals surface area contributed by atoms with E-state index in [4.69, 9.17) is 0 Å². The summed E-state index contributed by atoms with van der Waals surface area (Å²) in [5, 5.41) is 10.6. The number of rotatable bonds is 1. The lowest BCUT2D eigenvalue weighted by Crippen LogP contribution is -2.48. The first-order valence-corrected chi connectivity index (χ1v) is 9.04. The number of phenols is 1. The summed E-state index contributed by atoms with van der Waals surface area (Å²) in [5.41, 5.74) is 6.03. The molecule has 1 saturated carbocycles. The number of aromatic hydroxyl groups is 1. The van der Waals surface area contributed by atoms with Gasteiger partial charge in [-0.15, -0.1) is 0 Å². The van der Waals surface area contributed by atoms with Gasteiger partial charge in [-0.2, -0.15) is 0 Å². The Bertz CT molecular complexity index is 596. The molecule has 0 aromatic heterocycles. The molecule has 1 fully saturated rings. The first kappa shape index (κ1) is 15.9. The summed E-state index contributed by atoms with van der Waals surface area (Å²) in [6.07, 6.45) is 6.40. The second-order valence-corrected chi connectivity index (χ2v) is 8.99. The standard InChI is InChI=1S/C21H32O/c1-13(2)18-15-8-9-17-20(4,5)10-7-11-21(17,6)16(15)12-14(3)19(18)22/h12-13,17,22H,7-11H2,1-6H3/t17-,21+/m0/s1. The minimum absolute atomic E-state index is 0.289. The van der Waals surface area contributed by atoms with Crippen molar-refractivity contribution in [3.8, 4) is 5.75 Å². The van der Waals surface area contributed by atoms with Crippen LogP contribution in [0.4, 0.5) is 0 Å². The van der Waals surface area contributed by atoms with Gasteiger partial charge < -0.3 is 5.11 Å². The lowest BCUT2D eigenvalue weighted by Gasteiger charge is -2.55. The van der Waals surface area contributed by atoms with Crippen molar-refractivity contribution in [2.75, 3.05) is 0 Å². The molecule has 0 amide bonds. The molecular weight excluding hydrogens is 268 g/mol. The summed E-state index contributed by atoms with van der Waals surface area (Å²) in [7, 11) is 0. The number of aryl methyl sites for hydroxylation is 1. The molecule has 0 aliphatic heterocycles. The van der Waals surface area contributed by atoms with Gasteiger partial charge >= 0.3 is 0 Å². The van der Waals surface area contributed by atoms with Crippen LogP contribution < -0.4 is 0 Å². The fourth-order valence-corrected chi connectivity index (χ4v) is 5.72. The van der Waals surface area contributed by atoms with E-state index in [1.54, 1.807) is 5.56 Å². The molecule has 0 bridgehead atoms. The van der Waals surface area contributed by atoms with Gasteiger partial charge in [0.2, 0.25) is 0 Å². The van der Waals surface area contributed by atoms with Gasteiger partial charge in [-0.3, -0.25) is 0 Å². The van der Waals surface area contributed by atoms with Crippen LogP contribution in [-0.4, -0.2) is 5.11 Å². The van der Waals surface area contributed by atoms with E-state index in [2.05, 4.69) is 47.6 Å². The molecule has 122 valence electrons. The quantitative estimate of drug-likeness (QED) is 0.689. The van der Waals surface area contributed by atoms with Crippen LogP contribution in [0.5, 0.6) is 5.75 Å². The Balaban J connectivity index is 2.23. The van der Waals surface area contributed by atoms with Crippen molar-refractivity contribution in [1.82, 2.24) is 0 Å². The van der Waals surface area contributed by atoms with Crippen LogP contribution in [0, 0.1) is 18.3 Å². The zero-order chi connectivity index (χ0) is 16.3. The van der Waals surface area contributed by atoms with E-state index in [1.165, 1.54) is 36.8 Å². The van der Waals surface area contributed by atoms with Crippen molar-refractivity contribution in [3.05, 3.63) is 28.3 Å². The van der Waals surface area contributed by atoms with E-state index in [9.17, 15) is 5.11 Å². The minimum atomic E-state index is 0.289. The van der Waals surface area contributed by atoms with Crippen molar-refractivity contribution in [2.24, 2.45) is 11.3 Å². The van der Waals surface area contributed by atoms with Gasteiger partial charge in [0.1, 0.15) is 5.75 Å². The van der Waals surface area contributed by atoms with Gasteiger partial charge in [-0.25, -0.2) is 0 Å². The number of fused-ring (bicyclic) bond motifs is 3. The smallest absolute Gasteiger partial charge is 0.122 e. The average molecular weight is 300 g/mol. The molecule has 3 rings (SSSR count). The van der Waals surface area contributed by atoms with E-state index in [0.29, 0.717) is 17.1 Å². The highest BCUT2D eigenvalue weighted by atomic mass is 16.3.